The van der Waals surface area contributed by atoms with Crippen molar-refractivity contribution >= 4 is 19.6 Å². The Morgan fingerprint density at radius 2 is 2.00 bits per heavy atom. The average molecular weight is 201 g/mol. The van der Waals surface area contributed by atoms with Crippen LogP contribution in [0, 0.1) is 0 Å². The third kappa shape index (κ3) is 18.3. The molecular formula is C4H9BKNO3S. The normalized spacial score (nSPS) is 10.7. The van der Waals surface area contributed by atoms with E-state index in [0.717, 1.165) is 0 Å². The molecule has 58 valence electrons. The van der Waals surface area contributed by atoms with E-state index in [0.29, 0.717) is 0 Å². The quantitative estimate of drug-likeness (QED) is 0.303. The summed E-state index contributed by atoms with van der Waals surface area (Å²) in [6.45, 7) is 0. The van der Waals surface area contributed by atoms with Gasteiger partial charge in [0.2, 0.25) is 0 Å². The fraction of sp³-hybridized carbons (Fsp3) is 0. The summed E-state index contributed by atoms with van der Waals surface area (Å²) in [5.41, 5.74) is 0. The molecule has 1 aliphatic rings. The fourth-order valence-corrected chi connectivity index (χ4v) is 0.663. The maximum absolute atomic E-state index is 8.49. The molecule has 11 heavy (non-hydrogen) atoms. The van der Waals surface area contributed by atoms with Gasteiger partial charge < -0.3 is 20.2 Å². The summed E-state index contributed by atoms with van der Waals surface area (Å²) in [5.74, 6) is 0. The molecule has 1 rings (SSSR count). The largest absolute Gasteiger partial charge is 1.00 e. The fourth-order valence-electron chi connectivity index (χ4n) is 0.258. The van der Waals surface area contributed by atoms with E-state index < -0.39 is 7.69 Å². The van der Waals surface area contributed by atoms with Gasteiger partial charge in [0.1, 0.15) is 0 Å². The number of hydrogen-bond donors (Lipinski definition) is 2. The van der Waals surface area contributed by atoms with Crippen LogP contribution in [0.25, 0.3) is 0 Å². The summed E-state index contributed by atoms with van der Waals surface area (Å²) in [6, 6.07) is 0. The molecule has 0 unspecified atom stereocenters. The van der Waals surface area contributed by atoms with E-state index in [2.05, 4.69) is 4.72 Å². The minimum Gasteiger partial charge on any atom is -0.859 e. The maximum Gasteiger partial charge on any atom is 1.00 e. The second-order valence-corrected chi connectivity index (χ2v) is 1.80. The van der Waals surface area contributed by atoms with Gasteiger partial charge in [0.05, 0.1) is 0 Å². The first kappa shape index (κ1) is 18.1. The topological polar surface area (TPSA) is 86.8 Å². The summed E-state index contributed by atoms with van der Waals surface area (Å²) in [6.07, 6.45) is 5.84. The number of allylic oxidation sites excluding steroid dienone is 2. The van der Waals surface area contributed by atoms with Crippen LogP contribution < -0.4 is 61.1 Å². The van der Waals surface area contributed by atoms with Crippen molar-refractivity contribution in [3.8, 4) is 0 Å². The van der Waals surface area contributed by atoms with Crippen molar-refractivity contribution in [1.82, 2.24) is 4.72 Å². The smallest absolute Gasteiger partial charge is 0.859 e. The van der Waals surface area contributed by atoms with Crippen LogP contribution in [0.3, 0.4) is 0 Å². The third-order valence-electron chi connectivity index (χ3n) is 0.490. The molecule has 0 spiro atoms. The van der Waals surface area contributed by atoms with E-state index in [9.17, 15) is 0 Å². The molecule has 0 aromatic heterocycles. The zero-order chi connectivity index (χ0) is 6.95. The second kappa shape index (κ2) is 17.3. The molecule has 0 bridgehead atoms. The molecule has 0 amide bonds. The summed E-state index contributed by atoms with van der Waals surface area (Å²) < 4.78 is 2.93. The van der Waals surface area contributed by atoms with Crippen LogP contribution >= 0.6 is 11.9 Å². The maximum atomic E-state index is 8.49. The van der Waals surface area contributed by atoms with Crippen molar-refractivity contribution in [2.45, 2.75) is 0 Å². The average Bonchev–Trinajstić information content (AvgIpc) is 1.93. The molecule has 0 aromatic carbocycles. The minimum absolute atomic E-state index is 0. The first-order chi connectivity index (χ1) is 4.41. The van der Waals surface area contributed by atoms with Gasteiger partial charge in [0.25, 0.3) is 0 Å². The van der Waals surface area contributed by atoms with E-state index in [1.807, 2.05) is 23.8 Å². The Labute approximate surface area is 113 Å². The SMILES string of the molecule is C1=CNSC=C1.O.[K+].[O-]BO. The third-order valence-corrected chi connectivity index (χ3v) is 1.06. The van der Waals surface area contributed by atoms with Gasteiger partial charge in [-0.25, -0.2) is 0 Å². The standard InChI is InChI=1S/C4H5NS.BH2O2.K.H2O/c1-2-4-6-5-3-1;2-1-3;;/h1-5H;1-2H;;1H2/q;-1;+1;. The molecule has 1 aliphatic heterocycles. The van der Waals surface area contributed by atoms with E-state index in [1.165, 1.54) is 0 Å². The number of rotatable bonds is 0. The van der Waals surface area contributed by atoms with Crippen LogP contribution in [-0.2, 0) is 0 Å². The van der Waals surface area contributed by atoms with Crippen LogP contribution in [-0.4, -0.2) is 18.2 Å². The van der Waals surface area contributed by atoms with E-state index in [1.54, 1.807) is 11.9 Å². The molecule has 0 radical (unpaired) electrons. The zero-order valence-corrected chi connectivity index (χ0v) is 10.2. The Bertz CT molecular complexity index is 102. The molecule has 0 saturated carbocycles. The monoisotopic (exact) mass is 201 g/mol. The van der Waals surface area contributed by atoms with Gasteiger partial charge in [-0.2, -0.15) is 0 Å². The summed E-state index contributed by atoms with van der Waals surface area (Å²) >= 11 is 1.58. The van der Waals surface area contributed by atoms with Crippen LogP contribution in [0.15, 0.2) is 23.8 Å². The molecule has 0 aliphatic carbocycles. The predicted octanol–water partition coefficient (Wildman–Crippen LogP) is -4.95. The van der Waals surface area contributed by atoms with Gasteiger partial charge in [-0.15, -0.1) is 0 Å². The zero-order valence-electron chi connectivity index (χ0n) is 6.28. The van der Waals surface area contributed by atoms with E-state index in [-0.39, 0.29) is 56.9 Å². The Morgan fingerprint density at radius 3 is 2.09 bits per heavy atom. The van der Waals surface area contributed by atoms with Crippen molar-refractivity contribution < 1.29 is 66.9 Å². The summed E-state index contributed by atoms with van der Waals surface area (Å²) in [7, 11) is -1.00. The Morgan fingerprint density at radius 1 is 1.45 bits per heavy atom. The van der Waals surface area contributed by atoms with Crippen molar-refractivity contribution in [3.05, 3.63) is 23.8 Å². The molecule has 4 N–H and O–H groups in total. The van der Waals surface area contributed by atoms with Crippen molar-refractivity contribution in [3.63, 3.8) is 0 Å². The molecule has 0 atom stereocenters. The van der Waals surface area contributed by atoms with Crippen LogP contribution in [0.1, 0.15) is 0 Å². The molecule has 1 heterocycles. The van der Waals surface area contributed by atoms with Gasteiger partial charge in [-0.3, -0.25) is 0 Å². The predicted molar refractivity (Wildman–Crippen MR) is 42.0 cm³/mol. The van der Waals surface area contributed by atoms with Crippen LogP contribution in [0.4, 0.5) is 0 Å². The van der Waals surface area contributed by atoms with Gasteiger partial charge in [-0.1, -0.05) is 6.08 Å². The summed E-state index contributed by atoms with van der Waals surface area (Å²) in [5, 5.41) is 17.5. The first-order valence-corrected chi connectivity index (χ1v) is 3.21. The van der Waals surface area contributed by atoms with E-state index >= 15 is 0 Å². The van der Waals surface area contributed by atoms with Gasteiger partial charge in [-0.05, 0) is 23.4 Å². The number of hydrogen-bond acceptors (Lipinski definition) is 4. The Kier molecular flexibility index (Phi) is 28.5. The van der Waals surface area contributed by atoms with Crippen LogP contribution in [0.2, 0.25) is 0 Å². The molecule has 0 saturated heterocycles. The molecule has 7 heteroatoms. The minimum atomic E-state index is -1.00. The van der Waals surface area contributed by atoms with Gasteiger partial charge >= 0.3 is 51.4 Å². The van der Waals surface area contributed by atoms with Crippen molar-refractivity contribution in [2.24, 2.45) is 0 Å². The van der Waals surface area contributed by atoms with Gasteiger partial charge in [0, 0.05) is 6.20 Å². The number of nitrogens with one attached hydrogen (secondary N) is 1. The van der Waals surface area contributed by atoms with E-state index in [4.69, 9.17) is 10.0 Å². The molecule has 0 aromatic rings. The van der Waals surface area contributed by atoms with Crippen molar-refractivity contribution in [1.29, 1.82) is 0 Å². The van der Waals surface area contributed by atoms with Crippen molar-refractivity contribution in [2.75, 3.05) is 0 Å². The molecule has 4 nitrogen and oxygen atoms in total. The Balaban J connectivity index is -0.000000116. The molecular weight excluding hydrogens is 192 g/mol. The van der Waals surface area contributed by atoms with Gasteiger partial charge in [0.15, 0.2) is 7.69 Å². The first-order valence-electron chi connectivity index (χ1n) is 2.33. The molecule has 0 fully saturated rings. The van der Waals surface area contributed by atoms with Crippen LogP contribution in [0.5, 0.6) is 0 Å². The Hall–Kier alpha value is 1.21. The second-order valence-electron chi connectivity index (χ2n) is 1.05. The summed E-state index contributed by atoms with van der Waals surface area (Å²) in [4.78, 5) is 0.